The number of halogens is 4. The summed E-state index contributed by atoms with van der Waals surface area (Å²) in [7, 11) is 0. The van der Waals surface area contributed by atoms with Crippen LogP contribution in [0.2, 0.25) is 0 Å². The quantitative estimate of drug-likeness (QED) is 0.733. The Balaban J connectivity index is 3.51. The number of nitriles is 1. The average Bonchev–Trinajstić information content (AvgIpc) is 1.99. The summed E-state index contributed by atoms with van der Waals surface area (Å²) >= 11 is 2.72. The summed E-state index contributed by atoms with van der Waals surface area (Å²) < 4.78 is 37.0. The minimum absolute atomic E-state index is 0.112. The van der Waals surface area contributed by atoms with Crippen molar-refractivity contribution >= 4 is 21.6 Å². The van der Waals surface area contributed by atoms with Crippen molar-refractivity contribution in [3.8, 4) is 6.07 Å². The first-order valence-electron chi connectivity index (χ1n) is 3.42. The minimum atomic E-state index is -4.56. The van der Waals surface area contributed by atoms with E-state index in [1.165, 1.54) is 6.07 Å². The number of hydrogen-bond donors (Lipinski definition) is 1. The van der Waals surface area contributed by atoms with Gasteiger partial charge < -0.3 is 5.73 Å². The molecule has 2 nitrogen and oxygen atoms in total. The predicted octanol–water partition coefficient (Wildman–Crippen LogP) is 2.92. The van der Waals surface area contributed by atoms with Crippen molar-refractivity contribution in [3.63, 3.8) is 0 Å². The van der Waals surface area contributed by atoms with E-state index in [2.05, 4.69) is 15.9 Å². The summed E-state index contributed by atoms with van der Waals surface area (Å²) in [6, 6.07) is 3.56. The molecule has 14 heavy (non-hydrogen) atoms. The zero-order valence-electron chi connectivity index (χ0n) is 6.69. The minimum Gasteiger partial charge on any atom is -0.399 e. The fraction of sp³-hybridized carbons (Fsp3) is 0.125. The van der Waals surface area contributed by atoms with Gasteiger partial charge in [-0.05, 0) is 12.1 Å². The van der Waals surface area contributed by atoms with Crippen molar-refractivity contribution in [1.29, 1.82) is 5.26 Å². The molecule has 0 fully saturated rings. The van der Waals surface area contributed by atoms with Crippen LogP contribution in [0.15, 0.2) is 16.6 Å². The van der Waals surface area contributed by atoms with E-state index in [-0.39, 0.29) is 10.2 Å². The molecule has 0 saturated heterocycles. The van der Waals surface area contributed by atoms with E-state index in [0.717, 1.165) is 12.1 Å². The van der Waals surface area contributed by atoms with Gasteiger partial charge in [-0.25, -0.2) is 0 Å². The number of alkyl halides is 3. The summed E-state index contributed by atoms with van der Waals surface area (Å²) in [5.41, 5.74) is 3.94. The van der Waals surface area contributed by atoms with Gasteiger partial charge in [0.15, 0.2) is 0 Å². The molecule has 0 spiro atoms. The van der Waals surface area contributed by atoms with Crippen molar-refractivity contribution in [2.75, 3.05) is 5.73 Å². The van der Waals surface area contributed by atoms with Gasteiger partial charge in [0.2, 0.25) is 0 Å². The first-order chi connectivity index (χ1) is 6.36. The van der Waals surface area contributed by atoms with Crippen LogP contribution in [0.5, 0.6) is 0 Å². The molecule has 0 amide bonds. The lowest BCUT2D eigenvalue weighted by atomic mass is 10.1. The van der Waals surface area contributed by atoms with Gasteiger partial charge in [0, 0.05) is 10.2 Å². The maximum Gasteiger partial charge on any atom is 0.418 e. The second-order valence-corrected chi connectivity index (χ2v) is 3.39. The number of anilines is 1. The maximum absolute atomic E-state index is 12.4. The molecule has 0 saturated carbocycles. The van der Waals surface area contributed by atoms with Crippen LogP contribution < -0.4 is 5.73 Å². The normalized spacial score (nSPS) is 11.1. The first kappa shape index (κ1) is 10.9. The molecule has 0 aliphatic rings. The van der Waals surface area contributed by atoms with Crippen LogP contribution in [0.1, 0.15) is 11.1 Å². The van der Waals surface area contributed by atoms with Crippen LogP contribution in [-0.2, 0) is 6.18 Å². The van der Waals surface area contributed by atoms with Gasteiger partial charge in [-0.15, -0.1) is 0 Å². The molecule has 0 aromatic heterocycles. The van der Waals surface area contributed by atoms with Crippen molar-refractivity contribution in [2.45, 2.75) is 6.18 Å². The topological polar surface area (TPSA) is 49.8 Å². The van der Waals surface area contributed by atoms with Crippen molar-refractivity contribution in [3.05, 3.63) is 27.7 Å². The predicted molar refractivity (Wildman–Crippen MR) is 48.3 cm³/mol. The molecular formula is C8H4BrF3N2. The molecule has 1 aromatic carbocycles. The molecule has 1 rings (SSSR count). The zero-order valence-corrected chi connectivity index (χ0v) is 8.28. The standard InChI is InChI=1S/C8H4BrF3N2/c9-6-2-5(14)1-4(3-13)7(6)8(10,11)12/h1-2H,14H2. The van der Waals surface area contributed by atoms with Gasteiger partial charge in [0.25, 0.3) is 0 Å². The molecule has 0 bridgehead atoms. The smallest absolute Gasteiger partial charge is 0.399 e. The summed E-state index contributed by atoms with van der Waals surface area (Å²) in [5, 5.41) is 8.50. The average molecular weight is 265 g/mol. The van der Waals surface area contributed by atoms with Crippen LogP contribution in [0.4, 0.5) is 18.9 Å². The summed E-state index contributed by atoms with van der Waals surface area (Å²) in [5.74, 6) is 0. The monoisotopic (exact) mass is 264 g/mol. The molecule has 2 N–H and O–H groups in total. The van der Waals surface area contributed by atoms with Gasteiger partial charge >= 0.3 is 6.18 Å². The molecule has 0 atom stereocenters. The van der Waals surface area contributed by atoms with Crippen molar-refractivity contribution < 1.29 is 13.2 Å². The Morgan fingerprint density at radius 1 is 1.36 bits per heavy atom. The number of nitrogen functional groups attached to an aromatic ring is 1. The van der Waals surface area contributed by atoms with E-state index in [1.807, 2.05) is 0 Å². The number of benzene rings is 1. The lowest BCUT2D eigenvalue weighted by Gasteiger charge is -2.11. The number of hydrogen-bond acceptors (Lipinski definition) is 2. The fourth-order valence-electron chi connectivity index (χ4n) is 1.00. The van der Waals surface area contributed by atoms with Crippen LogP contribution in [-0.4, -0.2) is 0 Å². The third-order valence-electron chi connectivity index (χ3n) is 1.52. The Bertz CT molecular complexity index is 406. The Hall–Kier alpha value is -1.22. The van der Waals surface area contributed by atoms with Gasteiger partial charge in [-0.1, -0.05) is 15.9 Å². The molecule has 0 aliphatic carbocycles. The highest BCUT2D eigenvalue weighted by atomic mass is 79.9. The second kappa shape index (κ2) is 3.50. The SMILES string of the molecule is N#Cc1cc(N)cc(Br)c1C(F)(F)F. The zero-order chi connectivity index (χ0) is 10.9. The Morgan fingerprint density at radius 3 is 2.36 bits per heavy atom. The third-order valence-corrected chi connectivity index (χ3v) is 2.14. The lowest BCUT2D eigenvalue weighted by Crippen LogP contribution is -2.09. The van der Waals surface area contributed by atoms with E-state index in [4.69, 9.17) is 11.0 Å². The molecule has 0 unspecified atom stereocenters. The summed E-state index contributed by atoms with van der Waals surface area (Å²) in [4.78, 5) is 0. The second-order valence-electron chi connectivity index (χ2n) is 2.53. The number of nitrogens with zero attached hydrogens (tertiary/aromatic N) is 1. The highest BCUT2D eigenvalue weighted by molar-refractivity contribution is 9.10. The van der Waals surface area contributed by atoms with Crippen molar-refractivity contribution in [1.82, 2.24) is 0 Å². The van der Waals surface area contributed by atoms with Gasteiger partial charge in [-0.3, -0.25) is 0 Å². The van der Waals surface area contributed by atoms with Crippen molar-refractivity contribution in [2.24, 2.45) is 0 Å². The number of nitrogens with two attached hydrogens (primary N) is 1. The van der Waals surface area contributed by atoms with Crippen LogP contribution >= 0.6 is 15.9 Å². The van der Waals surface area contributed by atoms with Gasteiger partial charge in [0.05, 0.1) is 17.2 Å². The number of rotatable bonds is 0. The highest BCUT2D eigenvalue weighted by Crippen LogP contribution is 2.38. The molecule has 1 aromatic rings. The Kier molecular flexibility index (Phi) is 2.71. The maximum atomic E-state index is 12.4. The summed E-state index contributed by atoms with van der Waals surface area (Å²) in [6.07, 6.45) is -4.56. The lowest BCUT2D eigenvalue weighted by molar-refractivity contribution is -0.138. The van der Waals surface area contributed by atoms with Gasteiger partial charge in [-0.2, -0.15) is 18.4 Å². The third kappa shape index (κ3) is 1.99. The van der Waals surface area contributed by atoms with Crippen LogP contribution in [0, 0.1) is 11.3 Å². The molecule has 74 valence electrons. The van der Waals surface area contributed by atoms with Crippen LogP contribution in [0.3, 0.4) is 0 Å². The fourth-order valence-corrected chi connectivity index (χ4v) is 1.71. The van der Waals surface area contributed by atoms with Gasteiger partial charge in [0.1, 0.15) is 0 Å². The van der Waals surface area contributed by atoms with E-state index in [9.17, 15) is 13.2 Å². The van der Waals surface area contributed by atoms with E-state index in [1.54, 1.807) is 0 Å². The van der Waals surface area contributed by atoms with E-state index >= 15 is 0 Å². The molecule has 0 heterocycles. The van der Waals surface area contributed by atoms with E-state index in [0.29, 0.717) is 0 Å². The highest BCUT2D eigenvalue weighted by Gasteiger charge is 2.36. The van der Waals surface area contributed by atoms with Crippen LogP contribution in [0.25, 0.3) is 0 Å². The molecule has 6 heteroatoms. The molecule has 0 aliphatic heterocycles. The molecular weight excluding hydrogens is 261 g/mol. The van der Waals surface area contributed by atoms with E-state index < -0.39 is 17.3 Å². The largest absolute Gasteiger partial charge is 0.418 e. The Morgan fingerprint density at radius 2 is 1.93 bits per heavy atom. The first-order valence-corrected chi connectivity index (χ1v) is 4.22. The molecule has 0 radical (unpaired) electrons. The Labute approximate surface area is 86.3 Å². The summed E-state index contributed by atoms with van der Waals surface area (Å²) in [6.45, 7) is 0.